The largest absolute Gasteiger partial charge is 0.490 e. The summed E-state index contributed by atoms with van der Waals surface area (Å²) in [4.78, 5) is 14.9. The molecule has 0 N–H and O–H groups in total. The molecular weight excluding hydrogens is 416 g/mol. The van der Waals surface area contributed by atoms with Crippen molar-refractivity contribution in [2.45, 2.75) is 38.5 Å². The molecule has 2 aromatic carbocycles. The lowest BCUT2D eigenvalue weighted by molar-refractivity contribution is -0.120. The van der Waals surface area contributed by atoms with E-state index in [1.807, 2.05) is 32.9 Å². The summed E-state index contributed by atoms with van der Waals surface area (Å²) in [5.74, 6) is 0.949. The average Bonchev–Trinajstić information content (AvgIpc) is 2.78. The van der Waals surface area contributed by atoms with E-state index in [1.165, 1.54) is 4.31 Å². The molecule has 0 spiro atoms. The minimum absolute atomic E-state index is 0.122. The Labute approximate surface area is 184 Å². The molecule has 0 saturated heterocycles. The first-order valence-electron chi connectivity index (χ1n) is 10.7. The molecule has 1 amide bonds. The van der Waals surface area contributed by atoms with Gasteiger partial charge < -0.3 is 14.4 Å². The van der Waals surface area contributed by atoms with Crippen LogP contribution < -0.4 is 14.4 Å². The van der Waals surface area contributed by atoms with Gasteiger partial charge in [-0.3, -0.25) is 4.79 Å². The van der Waals surface area contributed by atoms with E-state index in [9.17, 15) is 13.2 Å². The molecule has 2 aromatic rings. The van der Waals surface area contributed by atoms with Crippen molar-refractivity contribution >= 4 is 21.6 Å². The first kappa shape index (κ1) is 23.1. The third-order valence-corrected chi connectivity index (χ3v) is 7.36. The maximum absolute atomic E-state index is 12.9. The minimum atomic E-state index is -3.54. The first-order valence-corrected chi connectivity index (χ1v) is 12.1. The van der Waals surface area contributed by atoms with E-state index < -0.39 is 10.0 Å². The summed E-state index contributed by atoms with van der Waals surface area (Å²) in [6.45, 7) is 7.33. The predicted molar refractivity (Wildman–Crippen MR) is 120 cm³/mol. The van der Waals surface area contributed by atoms with Crippen LogP contribution in [0.3, 0.4) is 0 Å². The Bertz CT molecular complexity index is 1020. The van der Waals surface area contributed by atoms with E-state index in [2.05, 4.69) is 0 Å². The second kappa shape index (κ2) is 10.2. The van der Waals surface area contributed by atoms with Crippen LogP contribution in [-0.4, -0.2) is 51.5 Å². The molecule has 0 atom stereocenters. The van der Waals surface area contributed by atoms with Crippen LogP contribution in [0.15, 0.2) is 47.4 Å². The van der Waals surface area contributed by atoms with Gasteiger partial charge in [0.1, 0.15) is 0 Å². The van der Waals surface area contributed by atoms with Crippen molar-refractivity contribution in [3.8, 4) is 11.5 Å². The molecule has 0 radical (unpaired) electrons. The second-order valence-electron chi connectivity index (χ2n) is 7.20. The molecule has 0 fully saturated rings. The van der Waals surface area contributed by atoms with E-state index in [4.69, 9.17) is 9.47 Å². The highest BCUT2D eigenvalue weighted by Gasteiger charge is 2.27. The van der Waals surface area contributed by atoms with Gasteiger partial charge in [0.25, 0.3) is 5.91 Å². The molecule has 0 unspecified atom stereocenters. The summed E-state index contributed by atoms with van der Waals surface area (Å²) in [5, 5.41) is 0. The summed E-state index contributed by atoms with van der Waals surface area (Å²) in [7, 11) is -3.54. The van der Waals surface area contributed by atoms with Gasteiger partial charge in [-0.2, -0.15) is 4.31 Å². The Hall–Kier alpha value is -2.58. The lowest BCUT2D eigenvalue weighted by atomic mass is 10.0. The molecule has 168 valence electrons. The molecule has 1 heterocycles. The predicted octanol–water partition coefficient (Wildman–Crippen LogP) is 3.47. The van der Waals surface area contributed by atoms with Crippen LogP contribution in [0, 0.1) is 0 Å². The molecule has 31 heavy (non-hydrogen) atoms. The number of carbonyl (C=O) groups excluding carboxylic acids is 1. The van der Waals surface area contributed by atoms with E-state index in [-0.39, 0.29) is 17.4 Å². The maximum atomic E-state index is 12.9. The molecular formula is C23H30N2O5S. The van der Waals surface area contributed by atoms with Crippen molar-refractivity contribution in [1.29, 1.82) is 0 Å². The van der Waals surface area contributed by atoms with Crippen LogP contribution in [-0.2, 0) is 21.2 Å². The topological polar surface area (TPSA) is 76.1 Å². The van der Waals surface area contributed by atoms with E-state index in [1.54, 1.807) is 35.2 Å². The zero-order valence-electron chi connectivity index (χ0n) is 18.3. The van der Waals surface area contributed by atoms with Crippen molar-refractivity contribution < 1.29 is 22.7 Å². The van der Waals surface area contributed by atoms with Crippen LogP contribution in [0.25, 0.3) is 0 Å². The van der Waals surface area contributed by atoms with Gasteiger partial charge in [0, 0.05) is 25.3 Å². The van der Waals surface area contributed by atoms with Gasteiger partial charge in [0.2, 0.25) is 10.0 Å². The highest BCUT2D eigenvalue weighted by Crippen LogP contribution is 2.31. The summed E-state index contributed by atoms with van der Waals surface area (Å²) in [6.07, 6.45) is 1.50. The normalized spacial score (nSPS) is 13.7. The van der Waals surface area contributed by atoms with Gasteiger partial charge in [-0.05, 0) is 55.7 Å². The van der Waals surface area contributed by atoms with E-state index in [0.29, 0.717) is 37.7 Å². The summed E-state index contributed by atoms with van der Waals surface area (Å²) in [6, 6.07) is 12.3. The van der Waals surface area contributed by atoms with Crippen LogP contribution in [0.2, 0.25) is 0 Å². The standard InChI is InChI=1S/C23H30N2O5S/c1-4-24(5-2)31(27,28)19-13-14-20-18(16-19)10-9-15-25(20)23(26)17-30-22-12-8-7-11-21(22)29-6-3/h7-8,11-14,16H,4-6,9-10,15,17H2,1-3H3. The van der Waals surface area contributed by atoms with Crippen molar-refractivity contribution in [1.82, 2.24) is 4.31 Å². The quantitative estimate of drug-likeness (QED) is 0.590. The number of rotatable bonds is 9. The number of ether oxygens (including phenoxy) is 2. The van der Waals surface area contributed by atoms with Gasteiger partial charge in [-0.1, -0.05) is 26.0 Å². The Morgan fingerprint density at radius 1 is 1.03 bits per heavy atom. The molecule has 0 aromatic heterocycles. The minimum Gasteiger partial charge on any atom is -0.490 e. The number of carbonyl (C=O) groups is 1. The zero-order chi connectivity index (χ0) is 22.4. The monoisotopic (exact) mass is 446 g/mol. The highest BCUT2D eigenvalue weighted by atomic mass is 32.2. The number of fused-ring (bicyclic) bond motifs is 1. The van der Waals surface area contributed by atoms with Crippen LogP contribution in [0.5, 0.6) is 11.5 Å². The molecule has 0 bridgehead atoms. The number of amides is 1. The van der Waals surface area contributed by atoms with Crippen LogP contribution in [0.1, 0.15) is 32.8 Å². The second-order valence-corrected chi connectivity index (χ2v) is 9.14. The summed E-state index contributed by atoms with van der Waals surface area (Å²) in [5.41, 5.74) is 1.61. The fourth-order valence-electron chi connectivity index (χ4n) is 3.77. The van der Waals surface area contributed by atoms with Crippen molar-refractivity contribution in [2.24, 2.45) is 0 Å². The first-order chi connectivity index (χ1) is 14.9. The van der Waals surface area contributed by atoms with Crippen LogP contribution >= 0.6 is 0 Å². The number of aryl methyl sites for hydroxylation is 1. The summed E-state index contributed by atoms with van der Waals surface area (Å²) < 4.78 is 38.4. The average molecular weight is 447 g/mol. The van der Waals surface area contributed by atoms with Gasteiger partial charge >= 0.3 is 0 Å². The lowest BCUT2D eigenvalue weighted by Crippen LogP contribution is -2.39. The van der Waals surface area contributed by atoms with E-state index in [0.717, 1.165) is 24.1 Å². The van der Waals surface area contributed by atoms with Gasteiger partial charge in [-0.15, -0.1) is 0 Å². The molecule has 1 aliphatic rings. The number of anilines is 1. The third kappa shape index (κ3) is 5.02. The molecule has 7 nitrogen and oxygen atoms in total. The number of benzene rings is 2. The molecule has 0 saturated carbocycles. The third-order valence-electron chi connectivity index (χ3n) is 5.31. The Kier molecular flexibility index (Phi) is 7.56. The fraction of sp³-hybridized carbons (Fsp3) is 0.435. The van der Waals surface area contributed by atoms with Crippen molar-refractivity contribution in [3.05, 3.63) is 48.0 Å². The Morgan fingerprint density at radius 3 is 2.35 bits per heavy atom. The number of hydrogen-bond acceptors (Lipinski definition) is 5. The molecule has 3 rings (SSSR count). The lowest BCUT2D eigenvalue weighted by Gasteiger charge is -2.30. The number of hydrogen-bond donors (Lipinski definition) is 0. The molecule has 8 heteroatoms. The zero-order valence-corrected chi connectivity index (χ0v) is 19.2. The smallest absolute Gasteiger partial charge is 0.264 e. The number of para-hydroxylation sites is 2. The van der Waals surface area contributed by atoms with Crippen molar-refractivity contribution in [2.75, 3.05) is 37.7 Å². The SMILES string of the molecule is CCOc1ccccc1OCC(=O)N1CCCc2cc(S(=O)(=O)N(CC)CC)ccc21. The number of sulfonamides is 1. The maximum Gasteiger partial charge on any atom is 0.264 e. The van der Waals surface area contributed by atoms with Crippen molar-refractivity contribution in [3.63, 3.8) is 0 Å². The fourth-order valence-corrected chi connectivity index (χ4v) is 5.28. The summed E-state index contributed by atoms with van der Waals surface area (Å²) >= 11 is 0. The molecule has 1 aliphatic heterocycles. The van der Waals surface area contributed by atoms with Crippen LogP contribution in [0.4, 0.5) is 5.69 Å². The Balaban J connectivity index is 1.78. The highest BCUT2D eigenvalue weighted by molar-refractivity contribution is 7.89. The number of nitrogens with zero attached hydrogens (tertiary/aromatic N) is 2. The van der Waals surface area contributed by atoms with Gasteiger partial charge in [-0.25, -0.2) is 8.42 Å². The Morgan fingerprint density at radius 2 is 1.71 bits per heavy atom. The van der Waals surface area contributed by atoms with Gasteiger partial charge in [0.05, 0.1) is 11.5 Å². The molecule has 0 aliphatic carbocycles. The van der Waals surface area contributed by atoms with E-state index >= 15 is 0 Å². The van der Waals surface area contributed by atoms with Gasteiger partial charge in [0.15, 0.2) is 18.1 Å².